The molecule has 1 amide bonds. The molecule has 0 spiro atoms. The van der Waals surface area contributed by atoms with Crippen LogP contribution in [0.2, 0.25) is 0 Å². The van der Waals surface area contributed by atoms with E-state index in [2.05, 4.69) is 0 Å². The first-order chi connectivity index (χ1) is 12.5. The Labute approximate surface area is 158 Å². The van der Waals surface area contributed by atoms with Gasteiger partial charge in [0.1, 0.15) is 6.04 Å². The zero-order valence-corrected chi connectivity index (χ0v) is 16.5. The molecule has 144 valence electrons. The largest absolute Gasteiger partial charge is 0.493 e. The van der Waals surface area contributed by atoms with Crippen molar-refractivity contribution in [3.63, 3.8) is 0 Å². The summed E-state index contributed by atoms with van der Waals surface area (Å²) in [5.41, 5.74) is 1.10. The normalized spacial score (nSPS) is 16.7. The first-order valence-electron chi connectivity index (χ1n) is 8.34. The Kier molecular flexibility index (Phi) is 7.59. The van der Waals surface area contributed by atoms with E-state index in [1.165, 1.54) is 7.11 Å². The Hall–Kier alpha value is -1.93. The average Bonchev–Trinajstić information content (AvgIpc) is 3.15. The number of thioether (sulfide) groups is 1. The summed E-state index contributed by atoms with van der Waals surface area (Å²) in [7, 11) is 6.46. The van der Waals surface area contributed by atoms with Crippen molar-refractivity contribution in [2.75, 3.05) is 53.1 Å². The number of hydrogen-bond acceptors (Lipinski definition) is 7. The number of carbonyl (C=O) groups is 2. The minimum atomic E-state index is -0.475. The smallest absolute Gasteiger partial charge is 0.329 e. The van der Waals surface area contributed by atoms with E-state index in [-0.39, 0.29) is 18.4 Å². The Morgan fingerprint density at radius 2 is 1.96 bits per heavy atom. The monoisotopic (exact) mass is 382 g/mol. The summed E-state index contributed by atoms with van der Waals surface area (Å²) in [6.07, 6.45) is 0.777. The molecule has 7 nitrogen and oxygen atoms in total. The number of likely N-dealkylation sites (N-methyl/N-ethyl adjacent to an activating group) is 1. The van der Waals surface area contributed by atoms with Crippen molar-refractivity contribution in [3.8, 4) is 11.5 Å². The van der Waals surface area contributed by atoms with Crippen molar-refractivity contribution >= 4 is 23.6 Å². The molecule has 0 aliphatic carbocycles. The van der Waals surface area contributed by atoms with Crippen molar-refractivity contribution in [1.82, 2.24) is 9.80 Å². The molecule has 0 aromatic heterocycles. The second kappa shape index (κ2) is 9.68. The van der Waals surface area contributed by atoms with E-state index in [0.29, 0.717) is 29.7 Å². The zero-order chi connectivity index (χ0) is 19.1. The third kappa shape index (κ3) is 5.04. The fourth-order valence-corrected chi connectivity index (χ4v) is 3.94. The number of hydrogen-bond donors (Lipinski definition) is 0. The van der Waals surface area contributed by atoms with Crippen LogP contribution in [0.4, 0.5) is 0 Å². The standard InChI is InChI=1S/C18H26N2O5S/c1-19(8-7-13-5-6-15(23-2)16(9-13)24-3)10-17(21)20-12-26-11-14(20)18(22)25-4/h5-6,9,14H,7-8,10-12H2,1-4H3. The molecule has 1 atom stereocenters. The molecule has 1 aliphatic rings. The van der Waals surface area contributed by atoms with Gasteiger partial charge in [-0.15, -0.1) is 11.8 Å². The lowest BCUT2D eigenvalue weighted by atomic mass is 10.1. The van der Waals surface area contributed by atoms with Gasteiger partial charge < -0.3 is 19.1 Å². The number of rotatable bonds is 8. The molecule has 0 bridgehead atoms. The van der Waals surface area contributed by atoms with E-state index in [0.717, 1.165) is 12.0 Å². The highest BCUT2D eigenvalue weighted by Gasteiger charge is 2.35. The van der Waals surface area contributed by atoms with Gasteiger partial charge in [0.2, 0.25) is 5.91 Å². The van der Waals surface area contributed by atoms with Crippen LogP contribution in [0.5, 0.6) is 11.5 Å². The second-order valence-electron chi connectivity index (χ2n) is 6.08. The summed E-state index contributed by atoms with van der Waals surface area (Å²) >= 11 is 1.57. The van der Waals surface area contributed by atoms with Crippen LogP contribution in [0, 0.1) is 0 Å². The van der Waals surface area contributed by atoms with Crippen LogP contribution in [-0.2, 0) is 20.7 Å². The molecule has 1 unspecified atom stereocenters. The Morgan fingerprint density at radius 3 is 2.62 bits per heavy atom. The van der Waals surface area contributed by atoms with E-state index in [9.17, 15) is 9.59 Å². The molecule has 0 N–H and O–H groups in total. The number of benzene rings is 1. The summed E-state index contributed by atoms with van der Waals surface area (Å²) in [5.74, 6) is 2.10. The minimum Gasteiger partial charge on any atom is -0.493 e. The fourth-order valence-electron chi connectivity index (χ4n) is 2.78. The number of carbonyl (C=O) groups excluding carboxylic acids is 2. The van der Waals surface area contributed by atoms with Gasteiger partial charge in [-0.05, 0) is 31.2 Å². The van der Waals surface area contributed by atoms with Crippen LogP contribution in [0.25, 0.3) is 0 Å². The van der Waals surface area contributed by atoms with Crippen LogP contribution in [0.15, 0.2) is 18.2 Å². The number of nitrogens with zero attached hydrogens (tertiary/aromatic N) is 2. The van der Waals surface area contributed by atoms with Gasteiger partial charge in [0.05, 0.1) is 33.8 Å². The maximum Gasteiger partial charge on any atom is 0.329 e. The summed E-state index contributed by atoms with van der Waals surface area (Å²) < 4.78 is 15.3. The summed E-state index contributed by atoms with van der Waals surface area (Å²) in [6, 6.07) is 5.33. The summed E-state index contributed by atoms with van der Waals surface area (Å²) in [5, 5.41) is 0. The van der Waals surface area contributed by atoms with Crippen LogP contribution in [-0.4, -0.2) is 80.8 Å². The lowest BCUT2D eigenvalue weighted by Crippen LogP contribution is -2.46. The average molecular weight is 382 g/mol. The van der Waals surface area contributed by atoms with Gasteiger partial charge in [0.25, 0.3) is 0 Å². The topological polar surface area (TPSA) is 68.3 Å². The summed E-state index contributed by atoms with van der Waals surface area (Å²) in [4.78, 5) is 27.8. The molecule has 1 aromatic carbocycles. The van der Waals surface area contributed by atoms with Crippen molar-refractivity contribution < 1.29 is 23.8 Å². The molecule has 1 heterocycles. The van der Waals surface area contributed by atoms with Crippen LogP contribution in [0.1, 0.15) is 5.56 Å². The van der Waals surface area contributed by atoms with Gasteiger partial charge in [0.15, 0.2) is 11.5 Å². The van der Waals surface area contributed by atoms with Crippen molar-refractivity contribution in [2.45, 2.75) is 12.5 Å². The SMILES string of the molecule is COC(=O)C1CSCN1C(=O)CN(C)CCc1ccc(OC)c(OC)c1. The number of methoxy groups -OCH3 is 3. The van der Waals surface area contributed by atoms with E-state index < -0.39 is 6.04 Å². The van der Waals surface area contributed by atoms with E-state index in [4.69, 9.17) is 14.2 Å². The lowest BCUT2D eigenvalue weighted by molar-refractivity contribution is -0.150. The molecule has 1 aliphatic heterocycles. The highest BCUT2D eigenvalue weighted by atomic mass is 32.2. The highest BCUT2D eigenvalue weighted by Crippen LogP contribution is 2.27. The molecular weight excluding hydrogens is 356 g/mol. The third-order valence-corrected chi connectivity index (χ3v) is 5.32. The first kappa shape index (κ1) is 20.4. The second-order valence-corrected chi connectivity index (χ2v) is 7.08. The van der Waals surface area contributed by atoms with Crippen molar-refractivity contribution in [3.05, 3.63) is 23.8 Å². The van der Waals surface area contributed by atoms with Gasteiger partial charge in [-0.3, -0.25) is 9.69 Å². The molecule has 2 rings (SSSR count). The van der Waals surface area contributed by atoms with Gasteiger partial charge in [-0.1, -0.05) is 6.07 Å². The minimum absolute atomic E-state index is 0.0554. The van der Waals surface area contributed by atoms with E-state index in [1.807, 2.05) is 30.1 Å². The van der Waals surface area contributed by atoms with Crippen LogP contribution in [0.3, 0.4) is 0 Å². The third-order valence-electron chi connectivity index (χ3n) is 4.31. The Balaban J connectivity index is 1.87. The van der Waals surface area contributed by atoms with Crippen LogP contribution >= 0.6 is 11.8 Å². The predicted molar refractivity (Wildman–Crippen MR) is 101 cm³/mol. The Bertz CT molecular complexity index is 640. The molecule has 0 saturated carbocycles. The maximum absolute atomic E-state index is 12.5. The Morgan fingerprint density at radius 1 is 1.23 bits per heavy atom. The van der Waals surface area contributed by atoms with Gasteiger partial charge in [-0.2, -0.15) is 0 Å². The highest BCUT2D eigenvalue weighted by molar-refractivity contribution is 7.99. The maximum atomic E-state index is 12.5. The van der Waals surface area contributed by atoms with Crippen molar-refractivity contribution in [1.29, 1.82) is 0 Å². The summed E-state index contributed by atoms with van der Waals surface area (Å²) in [6.45, 7) is 0.979. The van der Waals surface area contributed by atoms with Gasteiger partial charge >= 0.3 is 5.97 Å². The quantitative estimate of drug-likeness (QED) is 0.627. The molecule has 8 heteroatoms. The van der Waals surface area contributed by atoms with Gasteiger partial charge in [0, 0.05) is 12.3 Å². The van der Waals surface area contributed by atoms with Gasteiger partial charge in [-0.25, -0.2) is 4.79 Å². The lowest BCUT2D eigenvalue weighted by Gasteiger charge is -2.24. The molecule has 26 heavy (non-hydrogen) atoms. The zero-order valence-electron chi connectivity index (χ0n) is 15.7. The molecule has 1 aromatic rings. The fraction of sp³-hybridized carbons (Fsp3) is 0.556. The predicted octanol–water partition coefficient (Wildman–Crippen LogP) is 1.25. The molecule has 0 radical (unpaired) electrons. The molecular formula is C18H26N2O5S. The van der Waals surface area contributed by atoms with Crippen LogP contribution < -0.4 is 9.47 Å². The molecule has 1 fully saturated rings. The van der Waals surface area contributed by atoms with E-state index >= 15 is 0 Å². The molecule has 1 saturated heterocycles. The van der Waals surface area contributed by atoms with Crippen molar-refractivity contribution in [2.24, 2.45) is 0 Å². The number of ether oxygens (including phenoxy) is 3. The van der Waals surface area contributed by atoms with E-state index in [1.54, 1.807) is 30.9 Å². The first-order valence-corrected chi connectivity index (χ1v) is 9.50. The number of amides is 1. The number of esters is 1.